The normalized spacial score (nSPS) is 17.3. The first-order chi connectivity index (χ1) is 16.2. The fraction of sp³-hybridized carbons (Fsp3) is 0.536. The van der Waals surface area contributed by atoms with Gasteiger partial charge in [-0.25, -0.2) is 13.3 Å². The zero-order valence-corrected chi connectivity index (χ0v) is 22.9. The van der Waals surface area contributed by atoms with Gasteiger partial charge in [0, 0.05) is 29.6 Å². The summed E-state index contributed by atoms with van der Waals surface area (Å²) in [7, 11) is -1.07. The van der Waals surface area contributed by atoms with E-state index in [1.165, 1.54) is 6.42 Å². The lowest BCUT2D eigenvalue weighted by Gasteiger charge is -2.40. The Morgan fingerprint density at radius 3 is 2.32 bits per heavy atom. The van der Waals surface area contributed by atoms with Gasteiger partial charge in [0.1, 0.15) is 17.6 Å². The van der Waals surface area contributed by atoms with E-state index in [0.717, 1.165) is 66.1 Å². The maximum atomic E-state index is 12.6. The standard InChI is InChI=1S/C19H26N2O3S.C6H10.C3H8/c1-4-6-15(3)25(23)20-11-9-17(10-12-20)21-18-14(2)7-5-8-16(18)13-24-19(21)22;1-4-6(3)5-2;1-3-2/h5-8,17H,4,9-13H2,1-3H3;4H,1,3,5H2,2H3;3H2,1-2H3/b15-6+;;. The fourth-order valence-electron chi connectivity index (χ4n) is 3.79. The molecule has 0 spiro atoms. The van der Waals surface area contributed by atoms with Gasteiger partial charge in [-0.3, -0.25) is 4.90 Å². The fourth-order valence-corrected chi connectivity index (χ4v) is 5.04. The number of hydrogen-bond donors (Lipinski definition) is 0. The number of aryl methyl sites for hydroxylation is 1. The third kappa shape index (κ3) is 8.55. The highest BCUT2D eigenvalue weighted by Gasteiger charge is 2.36. The first-order valence-corrected chi connectivity index (χ1v) is 13.5. The van der Waals surface area contributed by atoms with Crippen LogP contribution in [-0.2, 0) is 22.3 Å². The molecule has 1 aromatic rings. The number of amides is 1. The Labute approximate surface area is 210 Å². The van der Waals surface area contributed by atoms with E-state index in [9.17, 15) is 9.00 Å². The van der Waals surface area contributed by atoms with Crippen molar-refractivity contribution < 1.29 is 13.7 Å². The topological polar surface area (TPSA) is 49.9 Å². The molecule has 6 heteroatoms. The van der Waals surface area contributed by atoms with Crippen molar-refractivity contribution in [2.45, 2.75) is 86.3 Å². The van der Waals surface area contributed by atoms with E-state index in [1.54, 1.807) is 6.08 Å². The average Bonchev–Trinajstić information content (AvgIpc) is 2.84. The van der Waals surface area contributed by atoms with Crippen LogP contribution in [-0.4, -0.2) is 33.7 Å². The lowest BCUT2D eigenvalue weighted by Crippen LogP contribution is -2.50. The first kappa shape index (κ1) is 29.9. The van der Waals surface area contributed by atoms with Gasteiger partial charge in [0.05, 0.1) is 5.69 Å². The number of fused-ring (bicyclic) bond motifs is 1. The Morgan fingerprint density at radius 2 is 1.82 bits per heavy atom. The molecule has 1 atom stereocenters. The monoisotopic (exact) mass is 488 g/mol. The van der Waals surface area contributed by atoms with Crippen molar-refractivity contribution in [3.05, 3.63) is 65.1 Å². The van der Waals surface area contributed by atoms with Crippen molar-refractivity contribution in [3.63, 3.8) is 0 Å². The molecule has 34 heavy (non-hydrogen) atoms. The van der Waals surface area contributed by atoms with Gasteiger partial charge < -0.3 is 4.74 Å². The molecule has 0 radical (unpaired) electrons. The second kappa shape index (κ2) is 15.7. The summed E-state index contributed by atoms with van der Waals surface area (Å²) in [6.45, 7) is 21.3. The number of allylic oxidation sites excluding steroid dienone is 4. The van der Waals surface area contributed by atoms with Gasteiger partial charge in [0.2, 0.25) is 0 Å². The summed E-state index contributed by atoms with van der Waals surface area (Å²) in [6.07, 6.45) is 8.29. The number of piperidine rings is 1. The highest BCUT2D eigenvalue weighted by molar-refractivity contribution is 7.86. The number of ether oxygens (including phenoxy) is 1. The van der Waals surface area contributed by atoms with Crippen LogP contribution >= 0.6 is 0 Å². The quantitative estimate of drug-likeness (QED) is 0.391. The van der Waals surface area contributed by atoms with Crippen molar-refractivity contribution in [3.8, 4) is 0 Å². The smallest absolute Gasteiger partial charge is 0.414 e. The van der Waals surface area contributed by atoms with E-state index in [0.29, 0.717) is 6.61 Å². The van der Waals surface area contributed by atoms with Crippen LogP contribution in [0.5, 0.6) is 0 Å². The molecule has 5 nitrogen and oxygen atoms in total. The van der Waals surface area contributed by atoms with Crippen LogP contribution in [0.2, 0.25) is 0 Å². The molecule has 0 saturated carbocycles. The molecule has 0 N–H and O–H groups in total. The number of nitrogens with zero attached hydrogens (tertiary/aromatic N) is 2. The Morgan fingerprint density at radius 1 is 1.21 bits per heavy atom. The number of anilines is 1. The minimum atomic E-state index is -1.07. The van der Waals surface area contributed by atoms with E-state index in [1.807, 2.05) is 47.3 Å². The van der Waals surface area contributed by atoms with Crippen molar-refractivity contribution in [1.82, 2.24) is 4.31 Å². The van der Waals surface area contributed by atoms with Crippen LogP contribution in [0.3, 0.4) is 0 Å². The first-order valence-electron chi connectivity index (χ1n) is 12.4. The summed E-state index contributed by atoms with van der Waals surface area (Å²) in [5, 5.41) is 0. The minimum absolute atomic E-state index is 0.0939. The lowest BCUT2D eigenvalue weighted by molar-refractivity contribution is 0.136. The number of carbonyl (C=O) groups excluding carboxylic acids is 1. The summed E-state index contributed by atoms with van der Waals surface area (Å²) >= 11 is 0. The molecule has 2 aliphatic heterocycles. The largest absolute Gasteiger partial charge is 0.444 e. The van der Waals surface area contributed by atoms with Crippen LogP contribution < -0.4 is 4.90 Å². The summed E-state index contributed by atoms with van der Waals surface area (Å²) in [4.78, 5) is 15.2. The molecule has 1 unspecified atom stereocenters. The van der Waals surface area contributed by atoms with Gasteiger partial charge in [0.15, 0.2) is 0 Å². The van der Waals surface area contributed by atoms with Gasteiger partial charge in [-0.2, -0.15) is 0 Å². The van der Waals surface area contributed by atoms with Crippen molar-refractivity contribution in [2.24, 2.45) is 0 Å². The molecule has 0 aromatic heterocycles. The van der Waals surface area contributed by atoms with Crippen LogP contribution in [0, 0.1) is 6.92 Å². The van der Waals surface area contributed by atoms with Crippen molar-refractivity contribution in [1.29, 1.82) is 0 Å². The molecular weight excluding hydrogens is 444 g/mol. The van der Waals surface area contributed by atoms with E-state index in [4.69, 9.17) is 4.74 Å². The Hall–Kier alpha value is -2.18. The maximum Gasteiger partial charge on any atom is 0.414 e. The molecule has 190 valence electrons. The van der Waals surface area contributed by atoms with E-state index < -0.39 is 11.0 Å². The highest BCUT2D eigenvalue weighted by Crippen LogP contribution is 2.34. The van der Waals surface area contributed by atoms with Gasteiger partial charge in [-0.1, -0.05) is 83.2 Å². The Bertz CT molecular complexity index is 870. The zero-order valence-electron chi connectivity index (χ0n) is 22.1. The number of para-hydroxylation sites is 1. The third-order valence-corrected chi connectivity index (χ3v) is 7.19. The highest BCUT2D eigenvalue weighted by atomic mass is 32.2. The van der Waals surface area contributed by atoms with Gasteiger partial charge in [-0.05, 0) is 45.1 Å². The number of benzene rings is 1. The molecule has 0 bridgehead atoms. The predicted molar refractivity (Wildman–Crippen MR) is 146 cm³/mol. The van der Waals surface area contributed by atoms with E-state index >= 15 is 0 Å². The number of rotatable bonds is 6. The average molecular weight is 489 g/mol. The molecule has 2 heterocycles. The summed E-state index contributed by atoms with van der Waals surface area (Å²) in [5.41, 5.74) is 4.27. The van der Waals surface area contributed by atoms with Gasteiger partial charge >= 0.3 is 6.09 Å². The molecule has 1 saturated heterocycles. The van der Waals surface area contributed by atoms with Crippen molar-refractivity contribution >= 4 is 22.8 Å². The minimum Gasteiger partial charge on any atom is -0.444 e. The SMILES string of the molecule is C=CC(=C)CC.CC/C=C(\C)S(=O)N1CCC(N2C(=O)OCc3cccc(C)c32)CC1.CCC. The van der Waals surface area contributed by atoms with Crippen LogP contribution in [0.25, 0.3) is 0 Å². The summed E-state index contributed by atoms with van der Waals surface area (Å²) in [5.74, 6) is 0. The molecule has 1 aromatic carbocycles. The van der Waals surface area contributed by atoms with E-state index in [2.05, 4.69) is 40.9 Å². The molecular formula is C28H44N2O3S. The summed E-state index contributed by atoms with van der Waals surface area (Å²) < 4.78 is 19.9. The van der Waals surface area contributed by atoms with Crippen LogP contribution in [0.15, 0.2) is 54.0 Å². The van der Waals surface area contributed by atoms with Crippen LogP contribution in [0.4, 0.5) is 10.5 Å². The molecule has 1 fully saturated rings. The molecule has 0 aliphatic carbocycles. The van der Waals surface area contributed by atoms with Gasteiger partial charge in [-0.15, -0.1) is 0 Å². The lowest BCUT2D eigenvalue weighted by atomic mass is 10.00. The maximum absolute atomic E-state index is 12.6. The van der Waals surface area contributed by atoms with E-state index in [-0.39, 0.29) is 12.1 Å². The third-order valence-electron chi connectivity index (χ3n) is 5.64. The second-order valence-electron chi connectivity index (χ2n) is 8.56. The number of hydrogen-bond acceptors (Lipinski definition) is 3. The molecule has 3 rings (SSSR count). The molecule has 1 amide bonds. The van der Waals surface area contributed by atoms with Crippen molar-refractivity contribution in [2.75, 3.05) is 18.0 Å². The van der Waals surface area contributed by atoms with Crippen LogP contribution in [0.1, 0.15) is 77.8 Å². The molecule has 2 aliphatic rings. The predicted octanol–water partition coefficient (Wildman–Crippen LogP) is 7.45. The Balaban J connectivity index is 0.000000551. The van der Waals surface area contributed by atoms with Gasteiger partial charge in [0.25, 0.3) is 0 Å². The second-order valence-corrected chi connectivity index (χ2v) is 10.2. The number of carbonyl (C=O) groups is 1. The zero-order chi connectivity index (χ0) is 25.7. The Kier molecular flexibility index (Phi) is 13.8. The summed E-state index contributed by atoms with van der Waals surface area (Å²) in [6, 6.07) is 6.15. The number of cyclic esters (lactones) is 1.